The molecule has 0 aliphatic carbocycles. The molecule has 0 N–H and O–H groups in total. The SMILES string of the molecule is CC(=O)c1cc(Cl)cc(C(F)(F)F)n1. The second-order valence-corrected chi connectivity index (χ2v) is 3.05. The topological polar surface area (TPSA) is 30.0 Å². The highest BCUT2D eigenvalue weighted by Crippen LogP contribution is 2.29. The van der Waals surface area contributed by atoms with Crippen LogP contribution in [-0.2, 0) is 6.18 Å². The first-order valence-electron chi connectivity index (χ1n) is 3.56. The minimum Gasteiger partial charge on any atom is -0.293 e. The summed E-state index contributed by atoms with van der Waals surface area (Å²) in [5, 5.41) is -0.155. The van der Waals surface area contributed by atoms with E-state index in [2.05, 4.69) is 4.98 Å². The molecule has 14 heavy (non-hydrogen) atoms. The van der Waals surface area contributed by atoms with Gasteiger partial charge in [-0.25, -0.2) is 4.98 Å². The lowest BCUT2D eigenvalue weighted by atomic mass is 10.2. The van der Waals surface area contributed by atoms with Crippen LogP contribution in [0, 0.1) is 0 Å². The zero-order valence-electron chi connectivity index (χ0n) is 7.02. The molecule has 76 valence electrons. The number of carbonyl (C=O) groups is 1. The summed E-state index contributed by atoms with van der Waals surface area (Å²) >= 11 is 5.41. The summed E-state index contributed by atoms with van der Waals surface area (Å²) in [6.45, 7) is 1.12. The van der Waals surface area contributed by atoms with Crippen LogP contribution in [-0.4, -0.2) is 10.8 Å². The fourth-order valence-corrected chi connectivity index (χ4v) is 1.03. The first-order valence-corrected chi connectivity index (χ1v) is 3.94. The Hall–Kier alpha value is -1.10. The van der Waals surface area contributed by atoms with E-state index in [-0.39, 0.29) is 10.7 Å². The molecule has 0 unspecified atom stereocenters. The largest absolute Gasteiger partial charge is 0.433 e. The summed E-state index contributed by atoms with van der Waals surface area (Å²) < 4.78 is 36.5. The van der Waals surface area contributed by atoms with Crippen molar-refractivity contribution >= 4 is 17.4 Å². The third kappa shape index (κ3) is 2.45. The Bertz CT molecular complexity index is 375. The second-order valence-electron chi connectivity index (χ2n) is 2.61. The van der Waals surface area contributed by atoms with Gasteiger partial charge in [-0.05, 0) is 12.1 Å². The number of aromatic nitrogens is 1. The Morgan fingerprint density at radius 2 is 2.00 bits per heavy atom. The third-order valence-electron chi connectivity index (χ3n) is 1.44. The minimum atomic E-state index is -4.59. The van der Waals surface area contributed by atoms with E-state index in [0.29, 0.717) is 6.07 Å². The van der Waals surface area contributed by atoms with Gasteiger partial charge >= 0.3 is 6.18 Å². The van der Waals surface area contributed by atoms with Gasteiger partial charge in [-0.2, -0.15) is 13.2 Å². The van der Waals surface area contributed by atoms with Crippen molar-refractivity contribution in [3.8, 4) is 0 Å². The lowest BCUT2D eigenvalue weighted by Gasteiger charge is -2.06. The number of carbonyl (C=O) groups excluding carboxylic acids is 1. The summed E-state index contributed by atoms with van der Waals surface area (Å²) in [6, 6.07) is 1.77. The molecule has 0 amide bonds. The standard InChI is InChI=1S/C8H5ClF3NO/c1-4(14)6-2-5(9)3-7(13-6)8(10,11)12/h2-3H,1H3. The smallest absolute Gasteiger partial charge is 0.293 e. The molecular formula is C8H5ClF3NO. The molecule has 1 aromatic rings. The van der Waals surface area contributed by atoms with E-state index in [9.17, 15) is 18.0 Å². The third-order valence-corrected chi connectivity index (χ3v) is 1.66. The molecule has 0 saturated heterocycles. The van der Waals surface area contributed by atoms with Crippen molar-refractivity contribution in [2.45, 2.75) is 13.1 Å². The van der Waals surface area contributed by atoms with Gasteiger partial charge in [0.1, 0.15) is 11.4 Å². The number of pyridine rings is 1. The van der Waals surface area contributed by atoms with E-state index in [1.165, 1.54) is 0 Å². The molecule has 0 atom stereocenters. The summed E-state index contributed by atoms with van der Waals surface area (Å²) in [7, 11) is 0. The molecule has 0 aliphatic rings. The molecule has 0 aliphatic heterocycles. The molecular weight excluding hydrogens is 219 g/mol. The van der Waals surface area contributed by atoms with Crippen molar-refractivity contribution < 1.29 is 18.0 Å². The lowest BCUT2D eigenvalue weighted by molar-refractivity contribution is -0.141. The van der Waals surface area contributed by atoms with Crippen molar-refractivity contribution in [3.05, 3.63) is 28.5 Å². The van der Waals surface area contributed by atoms with E-state index in [4.69, 9.17) is 11.6 Å². The molecule has 1 rings (SSSR count). The number of alkyl halides is 3. The molecule has 0 fully saturated rings. The highest BCUT2D eigenvalue weighted by atomic mass is 35.5. The maximum atomic E-state index is 12.2. The number of nitrogens with zero attached hydrogens (tertiary/aromatic N) is 1. The minimum absolute atomic E-state index is 0.155. The van der Waals surface area contributed by atoms with Gasteiger partial charge in [-0.3, -0.25) is 4.79 Å². The molecule has 6 heteroatoms. The Balaban J connectivity index is 3.28. The molecule has 0 saturated carbocycles. The van der Waals surface area contributed by atoms with E-state index in [1.807, 2.05) is 0 Å². The van der Waals surface area contributed by atoms with Crippen molar-refractivity contribution in [2.24, 2.45) is 0 Å². The van der Waals surface area contributed by atoms with Crippen molar-refractivity contribution in [1.82, 2.24) is 4.98 Å². The zero-order chi connectivity index (χ0) is 10.9. The highest BCUT2D eigenvalue weighted by Gasteiger charge is 2.33. The quantitative estimate of drug-likeness (QED) is 0.685. The van der Waals surface area contributed by atoms with Crippen molar-refractivity contribution in [1.29, 1.82) is 0 Å². The fraction of sp³-hybridized carbons (Fsp3) is 0.250. The molecule has 1 aromatic heterocycles. The Morgan fingerprint density at radius 3 is 2.43 bits per heavy atom. The van der Waals surface area contributed by atoms with Gasteiger partial charge in [0.05, 0.1) is 0 Å². The lowest BCUT2D eigenvalue weighted by Crippen LogP contribution is -2.10. The number of Topliss-reactive ketones (excluding diaryl/α,β-unsaturated/α-hetero) is 1. The van der Waals surface area contributed by atoms with Gasteiger partial charge < -0.3 is 0 Å². The van der Waals surface area contributed by atoms with E-state index >= 15 is 0 Å². The monoisotopic (exact) mass is 223 g/mol. The van der Waals surface area contributed by atoms with Crippen LogP contribution >= 0.6 is 11.6 Å². The van der Waals surface area contributed by atoms with Gasteiger partial charge in [-0.1, -0.05) is 11.6 Å². The molecule has 2 nitrogen and oxygen atoms in total. The van der Waals surface area contributed by atoms with E-state index < -0.39 is 17.7 Å². The summed E-state index contributed by atoms with van der Waals surface area (Å²) in [4.78, 5) is 13.9. The van der Waals surface area contributed by atoms with Crippen LogP contribution < -0.4 is 0 Å². The number of hydrogen-bond donors (Lipinski definition) is 0. The number of halogens is 4. The summed E-state index contributed by atoms with van der Waals surface area (Å²) in [5.41, 5.74) is -1.44. The van der Waals surface area contributed by atoms with Crippen LogP contribution in [0.5, 0.6) is 0 Å². The van der Waals surface area contributed by atoms with Gasteiger partial charge in [0.15, 0.2) is 5.78 Å². The van der Waals surface area contributed by atoms with E-state index in [0.717, 1.165) is 13.0 Å². The molecule has 0 aromatic carbocycles. The average Bonchev–Trinajstić information content (AvgIpc) is 2.01. The van der Waals surface area contributed by atoms with Crippen LogP contribution in [0.15, 0.2) is 12.1 Å². The first kappa shape index (κ1) is 11.0. The zero-order valence-corrected chi connectivity index (χ0v) is 7.78. The number of hydrogen-bond acceptors (Lipinski definition) is 2. The van der Waals surface area contributed by atoms with Crippen LogP contribution in [0.3, 0.4) is 0 Å². The average molecular weight is 224 g/mol. The predicted octanol–water partition coefficient (Wildman–Crippen LogP) is 2.96. The van der Waals surface area contributed by atoms with Crippen molar-refractivity contribution in [3.63, 3.8) is 0 Å². The Labute approximate surface area is 82.7 Å². The predicted molar refractivity (Wildman–Crippen MR) is 44.3 cm³/mol. The van der Waals surface area contributed by atoms with Gasteiger partial charge in [0.2, 0.25) is 0 Å². The van der Waals surface area contributed by atoms with Gasteiger partial charge in [0.25, 0.3) is 0 Å². The number of rotatable bonds is 1. The normalized spacial score (nSPS) is 11.5. The highest BCUT2D eigenvalue weighted by molar-refractivity contribution is 6.30. The van der Waals surface area contributed by atoms with Gasteiger partial charge in [0, 0.05) is 11.9 Å². The van der Waals surface area contributed by atoms with Crippen LogP contribution in [0.25, 0.3) is 0 Å². The van der Waals surface area contributed by atoms with E-state index in [1.54, 1.807) is 0 Å². The van der Waals surface area contributed by atoms with Crippen molar-refractivity contribution in [2.75, 3.05) is 0 Å². The fourth-order valence-electron chi connectivity index (χ4n) is 0.823. The molecule has 0 bridgehead atoms. The summed E-state index contributed by atoms with van der Waals surface area (Å²) in [5.74, 6) is -0.557. The first-order chi connectivity index (χ1) is 6.30. The van der Waals surface area contributed by atoms with Gasteiger partial charge in [-0.15, -0.1) is 0 Å². The maximum absolute atomic E-state index is 12.2. The molecule has 0 spiro atoms. The molecule has 1 heterocycles. The van der Waals surface area contributed by atoms with Crippen LogP contribution in [0.1, 0.15) is 23.1 Å². The maximum Gasteiger partial charge on any atom is 0.433 e. The summed E-state index contributed by atoms with van der Waals surface area (Å²) in [6.07, 6.45) is -4.59. The van der Waals surface area contributed by atoms with Crippen LogP contribution in [0.4, 0.5) is 13.2 Å². The second kappa shape index (κ2) is 3.57. The Morgan fingerprint density at radius 1 is 1.43 bits per heavy atom. The molecule has 0 radical (unpaired) electrons. The Kier molecular flexibility index (Phi) is 2.80. The number of ketones is 1. The van der Waals surface area contributed by atoms with Crippen LogP contribution in [0.2, 0.25) is 5.02 Å².